The topological polar surface area (TPSA) is 49.4 Å². The molecule has 132 valence electrons. The van der Waals surface area contributed by atoms with E-state index in [0.29, 0.717) is 19.4 Å². The monoisotopic (exact) mass is 342 g/mol. The van der Waals surface area contributed by atoms with Gasteiger partial charge in [-0.1, -0.05) is 18.2 Å². The number of rotatable bonds is 6. The Balaban J connectivity index is 1.87. The van der Waals surface area contributed by atoms with Gasteiger partial charge in [0.2, 0.25) is 11.8 Å². The average Bonchev–Trinajstić information content (AvgIpc) is 2.92. The Kier molecular flexibility index (Phi) is 5.85. The second-order valence-electron chi connectivity index (χ2n) is 5.96. The molecule has 0 aromatic heterocycles. The number of alkyl halides is 3. The Labute approximate surface area is 139 Å². The summed E-state index contributed by atoms with van der Waals surface area (Å²) in [6.45, 7) is 2.77. The highest BCUT2D eigenvalue weighted by molar-refractivity contribution is 5.78. The normalized spacial score (nSPS) is 16.3. The van der Waals surface area contributed by atoms with Gasteiger partial charge in [-0.2, -0.15) is 13.2 Å². The van der Waals surface area contributed by atoms with Crippen LogP contribution in [0.25, 0.3) is 0 Å². The molecule has 7 heteroatoms. The van der Waals surface area contributed by atoms with Crippen LogP contribution in [0.3, 0.4) is 0 Å². The van der Waals surface area contributed by atoms with Gasteiger partial charge in [0, 0.05) is 25.9 Å². The molecule has 1 heterocycles. The van der Waals surface area contributed by atoms with Gasteiger partial charge in [-0.25, -0.2) is 0 Å². The first-order valence-electron chi connectivity index (χ1n) is 8.02. The molecule has 1 aliphatic rings. The Morgan fingerprint density at radius 1 is 1.33 bits per heavy atom. The summed E-state index contributed by atoms with van der Waals surface area (Å²) in [7, 11) is 0. The molecular weight excluding hydrogens is 321 g/mol. The Morgan fingerprint density at radius 3 is 2.67 bits per heavy atom. The molecule has 1 aromatic rings. The molecule has 2 amide bonds. The number of carbonyl (C=O) groups excluding carboxylic acids is 2. The maximum atomic E-state index is 13.0. The highest BCUT2D eigenvalue weighted by Gasteiger charge is 2.34. The molecule has 1 aromatic carbocycles. The highest BCUT2D eigenvalue weighted by atomic mass is 19.4. The fourth-order valence-corrected chi connectivity index (χ4v) is 2.90. The van der Waals surface area contributed by atoms with Crippen LogP contribution in [-0.2, 0) is 15.8 Å². The number of nitrogens with one attached hydrogen (secondary N) is 1. The van der Waals surface area contributed by atoms with Crippen molar-refractivity contribution >= 4 is 11.8 Å². The molecule has 4 nitrogen and oxygen atoms in total. The van der Waals surface area contributed by atoms with Crippen LogP contribution in [0.5, 0.6) is 0 Å². The number of hydrogen-bond acceptors (Lipinski definition) is 2. The fraction of sp³-hybridized carbons (Fsp3) is 0.529. The van der Waals surface area contributed by atoms with E-state index >= 15 is 0 Å². The molecule has 1 unspecified atom stereocenters. The second kappa shape index (κ2) is 7.68. The smallest absolute Gasteiger partial charge is 0.350 e. The predicted octanol–water partition coefficient (Wildman–Crippen LogP) is 3.29. The molecule has 24 heavy (non-hydrogen) atoms. The highest BCUT2D eigenvalue weighted by Crippen LogP contribution is 2.34. The molecule has 0 aliphatic carbocycles. The zero-order valence-electron chi connectivity index (χ0n) is 13.5. The van der Waals surface area contributed by atoms with Gasteiger partial charge in [0.1, 0.15) is 0 Å². The molecule has 0 bridgehead atoms. The summed E-state index contributed by atoms with van der Waals surface area (Å²) >= 11 is 0. The predicted molar refractivity (Wildman–Crippen MR) is 83.0 cm³/mol. The first kappa shape index (κ1) is 18.3. The molecule has 1 atom stereocenters. The molecule has 0 saturated carbocycles. The van der Waals surface area contributed by atoms with Crippen LogP contribution in [0.4, 0.5) is 13.2 Å². The van der Waals surface area contributed by atoms with Gasteiger partial charge in [0.05, 0.1) is 11.6 Å². The molecular formula is C17H21F3N2O2. The number of amides is 2. The number of likely N-dealkylation sites (tertiary alicyclic amines) is 1. The van der Waals surface area contributed by atoms with E-state index in [-0.39, 0.29) is 23.8 Å². The summed E-state index contributed by atoms with van der Waals surface area (Å²) in [6, 6.07) is 4.50. The van der Waals surface area contributed by atoms with Crippen molar-refractivity contribution in [3.8, 4) is 0 Å². The molecule has 2 rings (SSSR count). The molecule has 1 N–H and O–H groups in total. The van der Waals surface area contributed by atoms with E-state index in [1.807, 2.05) is 0 Å². The Bertz CT molecular complexity index is 602. The van der Waals surface area contributed by atoms with Crippen LogP contribution in [0.1, 0.15) is 49.8 Å². The molecule has 0 radical (unpaired) electrons. The average molecular weight is 342 g/mol. The SMILES string of the molecule is CC(NC(=O)CCCN1CCCC1=O)c1ccccc1C(F)(F)F. The number of carbonyl (C=O) groups is 2. The van der Waals surface area contributed by atoms with E-state index in [1.54, 1.807) is 4.90 Å². The van der Waals surface area contributed by atoms with Gasteiger partial charge >= 0.3 is 6.18 Å². The summed E-state index contributed by atoms with van der Waals surface area (Å²) in [5.74, 6) is -0.214. The summed E-state index contributed by atoms with van der Waals surface area (Å²) in [4.78, 5) is 25.1. The van der Waals surface area contributed by atoms with Crippen LogP contribution in [0.2, 0.25) is 0 Å². The number of hydrogen-bond donors (Lipinski definition) is 1. The van der Waals surface area contributed by atoms with Crippen molar-refractivity contribution in [1.82, 2.24) is 10.2 Å². The summed E-state index contributed by atoms with van der Waals surface area (Å²) < 4.78 is 39.0. The summed E-state index contributed by atoms with van der Waals surface area (Å²) in [5, 5.41) is 2.60. The summed E-state index contributed by atoms with van der Waals surface area (Å²) in [6.07, 6.45) is -2.37. The van der Waals surface area contributed by atoms with E-state index < -0.39 is 17.8 Å². The van der Waals surface area contributed by atoms with Crippen molar-refractivity contribution in [3.63, 3.8) is 0 Å². The second-order valence-corrected chi connectivity index (χ2v) is 5.96. The van der Waals surface area contributed by atoms with Crippen molar-refractivity contribution in [3.05, 3.63) is 35.4 Å². The first-order valence-corrected chi connectivity index (χ1v) is 8.02. The van der Waals surface area contributed by atoms with Crippen molar-refractivity contribution in [2.75, 3.05) is 13.1 Å². The lowest BCUT2D eigenvalue weighted by Gasteiger charge is -2.20. The van der Waals surface area contributed by atoms with Gasteiger partial charge in [0.25, 0.3) is 0 Å². The lowest BCUT2D eigenvalue weighted by Crippen LogP contribution is -2.30. The van der Waals surface area contributed by atoms with E-state index in [2.05, 4.69) is 5.32 Å². The largest absolute Gasteiger partial charge is 0.416 e. The maximum absolute atomic E-state index is 13.0. The van der Waals surface area contributed by atoms with Crippen molar-refractivity contribution in [2.45, 2.75) is 44.8 Å². The van der Waals surface area contributed by atoms with E-state index in [9.17, 15) is 22.8 Å². The van der Waals surface area contributed by atoms with Gasteiger partial charge in [-0.05, 0) is 31.4 Å². The number of halogens is 3. The molecule has 1 saturated heterocycles. The van der Waals surface area contributed by atoms with Crippen LogP contribution in [-0.4, -0.2) is 29.8 Å². The lowest BCUT2D eigenvalue weighted by molar-refractivity contribution is -0.138. The van der Waals surface area contributed by atoms with Crippen molar-refractivity contribution in [2.24, 2.45) is 0 Å². The third-order valence-electron chi connectivity index (χ3n) is 4.11. The number of nitrogens with zero attached hydrogens (tertiary/aromatic N) is 1. The van der Waals surface area contributed by atoms with Crippen LogP contribution < -0.4 is 5.32 Å². The first-order chi connectivity index (χ1) is 11.3. The van der Waals surface area contributed by atoms with Gasteiger partial charge in [0.15, 0.2) is 0 Å². The van der Waals surface area contributed by atoms with E-state index in [4.69, 9.17) is 0 Å². The van der Waals surface area contributed by atoms with Crippen LogP contribution in [0.15, 0.2) is 24.3 Å². The minimum Gasteiger partial charge on any atom is -0.350 e. The third-order valence-corrected chi connectivity index (χ3v) is 4.11. The van der Waals surface area contributed by atoms with Crippen LogP contribution >= 0.6 is 0 Å². The summed E-state index contributed by atoms with van der Waals surface area (Å²) in [5.41, 5.74) is -0.687. The molecule has 0 spiro atoms. The lowest BCUT2D eigenvalue weighted by atomic mass is 10.0. The van der Waals surface area contributed by atoms with Gasteiger partial charge in [-0.15, -0.1) is 0 Å². The van der Waals surface area contributed by atoms with Crippen molar-refractivity contribution in [1.29, 1.82) is 0 Å². The van der Waals surface area contributed by atoms with Gasteiger partial charge in [-0.3, -0.25) is 9.59 Å². The molecule has 1 aliphatic heterocycles. The standard InChI is InChI=1S/C17H21F3N2O2/c1-12(13-6-2-3-7-14(13)17(18,19)20)21-15(23)8-4-10-22-11-5-9-16(22)24/h2-3,6-7,12H,4-5,8-11H2,1H3,(H,21,23). The Morgan fingerprint density at radius 2 is 2.04 bits per heavy atom. The quantitative estimate of drug-likeness (QED) is 0.862. The fourth-order valence-electron chi connectivity index (χ4n) is 2.90. The van der Waals surface area contributed by atoms with Crippen molar-refractivity contribution < 1.29 is 22.8 Å². The third kappa shape index (κ3) is 4.72. The minimum absolute atomic E-state index is 0.0491. The zero-order chi connectivity index (χ0) is 17.7. The molecule has 1 fully saturated rings. The Hall–Kier alpha value is -2.05. The number of benzene rings is 1. The van der Waals surface area contributed by atoms with Gasteiger partial charge < -0.3 is 10.2 Å². The maximum Gasteiger partial charge on any atom is 0.416 e. The minimum atomic E-state index is -4.45. The van der Waals surface area contributed by atoms with Crippen LogP contribution in [0, 0.1) is 0 Å². The van der Waals surface area contributed by atoms with E-state index in [0.717, 1.165) is 19.0 Å². The zero-order valence-corrected chi connectivity index (χ0v) is 13.5. The van der Waals surface area contributed by atoms with E-state index in [1.165, 1.54) is 25.1 Å².